The molecule has 0 saturated heterocycles. The molecule has 0 heterocycles. The molecule has 23 heavy (non-hydrogen) atoms. The Kier molecular flexibility index (Phi) is 7.75. The van der Waals surface area contributed by atoms with Gasteiger partial charge in [0.05, 0.1) is 6.04 Å². The zero-order valence-electron chi connectivity index (χ0n) is 14.5. The van der Waals surface area contributed by atoms with E-state index < -0.39 is 12.1 Å². The topological polar surface area (TPSA) is 72.6 Å². The van der Waals surface area contributed by atoms with Crippen molar-refractivity contribution >= 4 is 12.0 Å². The third-order valence-electron chi connectivity index (χ3n) is 3.78. The van der Waals surface area contributed by atoms with Crippen LogP contribution >= 0.6 is 0 Å². The predicted octanol–water partition coefficient (Wildman–Crippen LogP) is 3.18. The van der Waals surface area contributed by atoms with E-state index in [4.69, 9.17) is 10.5 Å². The number of nitrogens with zero attached hydrogens (tertiary/aromatic N) is 1. The molecular formula is C18H28N2O3. The van der Waals surface area contributed by atoms with Crippen molar-refractivity contribution in [1.29, 1.82) is 0 Å². The molecule has 5 nitrogen and oxygen atoms in total. The van der Waals surface area contributed by atoms with Gasteiger partial charge in [-0.3, -0.25) is 4.79 Å². The van der Waals surface area contributed by atoms with Gasteiger partial charge in [0.25, 0.3) is 0 Å². The van der Waals surface area contributed by atoms with Crippen LogP contribution in [0.5, 0.6) is 0 Å². The minimum Gasteiger partial charge on any atom is -0.444 e. The van der Waals surface area contributed by atoms with Crippen molar-refractivity contribution in [3.63, 3.8) is 0 Å². The number of carbonyl (C=O) groups is 2. The van der Waals surface area contributed by atoms with E-state index in [2.05, 4.69) is 0 Å². The number of amides is 2. The van der Waals surface area contributed by atoms with E-state index in [1.54, 1.807) is 0 Å². The van der Waals surface area contributed by atoms with Crippen molar-refractivity contribution in [2.45, 2.75) is 46.8 Å². The molecule has 0 saturated carbocycles. The summed E-state index contributed by atoms with van der Waals surface area (Å²) >= 11 is 0. The van der Waals surface area contributed by atoms with Crippen LogP contribution in [-0.2, 0) is 16.1 Å². The first-order chi connectivity index (χ1) is 10.9. The van der Waals surface area contributed by atoms with Gasteiger partial charge in [0.15, 0.2) is 0 Å². The molecule has 2 amide bonds. The van der Waals surface area contributed by atoms with Gasteiger partial charge in [0.2, 0.25) is 5.91 Å². The van der Waals surface area contributed by atoms with Crippen LogP contribution in [0.15, 0.2) is 30.3 Å². The highest BCUT2D eigenvalue weighted by Gasteiger charge is 2.30. The molecule has 1 aromatic carbocycles. The summed E-state index contributed by atoms with van der Waals surface area (Å²) in [4.78, 5) is 26.0. The summed E-state index contributed by atoms with van der Waals surface area (Å²) in [5.74, 6) is -0.211. The molecule has 0 aromatic heterocycles. The van der Waals surface area contributed by atoms with Crippen LogP contribution in [0.25, 0.3) is 0 Å². The number of benzene rings is 1. The number of rotatable bonds is 7. The van der Waals surface area contributed by atoms with E-state index in [0.29, 0.717) is 6.54 Å². The first-order valence-corrected chi connectivity index (χ1v) is 8.14. The molecule has 2 atom stereocenters. The lowest BCUT2D eigenvalue weighted by Gasteiger charge is -2.27. The summed E-state index contributed by atoms with van der Waals surface area (Å²) in [6.45, 7) is 8.21. The Balaban J connectivity index is 2.76. The molecule has 0 unspecified atom stereocenters. The molecule has 1 rings (SSSR count). The second-order valence-electron chi connectivity index (χ2n) is 6.29. The fourth-order valence-electron chi connectivity index (χ4n) is 2.09. The van der Waals surface area contributed by atoms with Crippen LogP contribution in [0.3, 0.4) is 0 Å². The minimum atomic E-state index is -0.692. The molecule has 5 heteroatoms. The maximum Gasteiger partial charge on any atom is 0.416 e. The van der Waals surface area contributed by atoms with Crippen molar-refractivity contribution < 1.29 is 14.3 Å². The first kappa shape index (κ1) is 19.2. The molecule has 0 spiro atoms. The van der Waals surface area contributed by atoms with Crippen LogP contribution < -0.4 is 5.73 Å². The standard InChI is InChI=1S/C18H28N2O3/c1-5-14(4)16(19)17(21)20(11-13(2)3)18(22)23-12-15-9-7-6-8-10-15/h6-10,13-14,16H,5,11-12,19H2,1-4H3/t14-,16-/m0/s1. The van der Waals surface area contributed by atoms with Crippen molar-refractivity contribution in [2.75, 3.05) is 6.54 Å². The highest BCUT2D eigenvalue weighted by Crippen LogP contribution is 2.12. The van der Waals surface area contributed by atoms with Gasteiger partial charge in [-0.2, -0.15) is 0 Å². The van der Waals surface area contributed by atoms with Gasteiger partial charge in [0, 0.05) is 6.54 Å². The summed E-state index contributed by atoms with van der Waals surface area (Å²) in [5, 5.41) is 0. The van der Waals surface area contributed by atoms with Crippen molar-refractivity contribution in [3.8, 4) is 0 Å². The number of ether oxygens (including phenoxy) is 1. The number of hydrogen-bond donors (Lipinski definition) is 1. The highest BCUT2D eigenvalue weighted by molar-refractivity contribution is 5.95. The molecule has 0 radical (unpaired) electrons. The van der Waals surface area contributed by atoms with Gasteiger partial charge in [-0.1, -0.05) is 64.4 Å². The molecule has 128 valence electrons. The number of nitrogens with two attached hydrogens (primary N) is 1. The maximum absolute atomic E-state index is 12.5. The number of hydrogen-bond acceptors (Lipinski definition) is 4. The predicted molar refractivity (Wildman–Crippen MR) is 90.6 cm³/mol. The monoisotopic (exact) mass is 320 g/mol. The summed E-state index contributed by atoms with van der Waals surface area (Å²) in [6, 6.07) is 8.69. The molecular weight excluding hydrogens is 292 g/mol. The summed E-state index contributed by atoms with van der Waals surface area (Å²) in [5.41, 5.74) is 6.87. The van der Waals surface area contributed by atoms with Crippen LogP contribution in [-0.4, -0.2) is 29.5 Å². The fourth-order valence-corrected chi connectivity index (χ4v) is 2.09. The van der Waals surface area contributed by atoms with Gasteiger partial charge >= 0.3 is 6.09 Å². The average Bonchev–Trinajstić information content (AvgIpc) is 2.56. The maximum atomic E-state index is 12.5. The van der Waals surface area contributed by atoms with Gasteiger partial charge in [0.1, 0.15) is 6.61 Å². The first-order valence-electron chi connectivity index (χ1n) is 8.14. The Morgan fingerprint density at radius 2 is 1.78 bits per heavy atom. The molecule has 1 aromatic rings. The number of imide groups is 1. The lowest BCUT2D eigenvalue weighted by Crippen LogP contribution is -2.50. The lowest BCUT2D eigenvalue weighted by molar-refractivity contribution is -0.132. The van der Waals surface area contributed by atoms with Crippen LogP contribution in [0.1, 0.15) is 39.7 Å². The highest BCUT2D eigenvalue weighted by atomic mass is 16.6. The van der Waals surface area contributed by atoms with E-state index >= 15 is 0 Å². The largest absolute Gasteiger partial charge is 0.444 e. The van der Waals surface area contributed by atoms with Crippen molar-refractivity contribution in [2.24, 2.45) is 17.6 Å². The van der Waals surface area contributed by atoms with Crippen LogP contribution in [0, 0.1) is 11.8 Å². The summed E-state index contributed by atoms with van der Waals surface area (Å²) in [7, 11) is 0. The van der Waals surface area contributed by atoms with Crippen molar-refractivity contribution in [1.82, 2.24) is 4.90 Å². The van der Waals surface area contributed by atoms with Gasteiger partial charge in [-0.05, 0) is 17.4 Å². The van der Waals surface area contributed by atoms with Crippen LogP contribution in [0.2, 0.25) is 0 Å². The second-order valence-corrected chi connectivity index (χ2v) is 6.29. The van der Waals surface area contributed by atoms with E-state index in [0.717, 1.165) is 16.9 Å². The van der Waals surface area contributed by atoms with Gasteiger partial charge in [-0.15, -0.1) is 0 Å². The Morgan fingerprint density at radius 1 is 1.17 bits per heavy atom. The second kappa shape index (κ2) is 9.30. The zero-order valence-corrected chi connectivity index (χ0v) is 14.5. The number of carbonyl (C=O) groups excluding carboxylic acids is 2. The van der Waals surface area contributed by atoms with E-state index in [9.17, 15) is 9.59 Å². The van der Waals surface area contributed by atoms with Crippen LogP contribution in [0.4, 0.5) is 4.79 Å². The van der Waals surface area contributed by atoms with E-state index in [1.165, 1.54) is 0 Å². The average molecular weight is 320 g/mol. The Bertz CT molecular complexity index is 502. The molecule has 0 aliphatic carbocycles. The quantitative estimate of drug-likeness (QED) is 0.837. The zero-order chi connectivity index (χ0) is 17.4. The van der Waals surface area contributed by atoms with E-state index in [1.807, 2.05) is 58.0 Å². The smallest absolute Gasteiger partial charge is 0.416 e. The summed E-state index contributed by atoms with van der Waals surface area (Å²) < 4.78 is 5.29. The lowest BCUT2D eigenvalue weighted by atomic mass is 9.98. The van der Waals surface area contributed by atoms with Crippen molar-refractivity contribution in [3.05, 3.63) is 35.9 Å². The SMILES string of the molecule is CC[C@H](C)[C@H](N)C(=O)N(CC(C)C)C(=O)OCc1ccccc1. The minimum absolute atomic E-state index is 0.0130. The van der Waals surface area contributed by atoms with Gasteiger partial charge < -0.3 is 10.5 Å². The molecule has 0 bridgehead atoms. The Morgan fingerprint density at radius 3 is 2.30 bits per heavy atom. The van der Waals surface area contributed by atoms with Gasteiger partial charge in [-0.25, -0.2) is 9.69 Å². The normalized spacial score (nSPS) is 13.5. The third kappa shape index (κ3) is 6.02. The Hall–Kier alpha value is -1.88. The molecule has 0 fully saturated rings. The fraction of sp³-hybridized carbons (Fsp3) is 0.556. The molecule has 0 aliphatic heterocycles. The third-order valence-corrected chi connectivity index (χ3v) is 3.78. The summed E-state index contributed by atoms with van der Waals surface area (Å²) in [6.07, 6.45) is 0.146. The molecule has 2 N–H and O–H groups in total. The molecule has 0 aliphatic rings. The Labute approximate surface area is 138 Å². The van der Waals surface area contributed by atoms with E-state index in [-0.39, 0.29) is 24.3 Å².